The van der Waals surface area contributed by atoms with Crippen molar-refractivity contribution in [3.63, 3.8) is 0 Å². The van der Waals surface area contributed by atoms with E-state index < -0.39 is 5.97 Å². The quantitative estimate of drug-likeness (QED) is 0.793. The Kier molecular flexibility index (Phi) is 5.27. The second-order valence-corrected chi connectivity index (χ2v) is 5.68. The normalized spacial score (nSPS) is 11.4. The number of aryl methyl sites for hydroxylation is 2. The van der Waals surface area contributed by atoms with Gasteiger partial charge in [0.1, 0.15) is 5.82 Å². The van der Waals surface area contributed by atoms with Crippen molar-refractivity contribution in [1.82, 2.24) is 9.97 Å². The SMILES string of the molecule is Cc1cnc(C)c(NCCC(C)(C)CCC(=O)O)n1. The molecule has 2 N–H and O–H groups in total. The van der Waals surface area contributed by atoms with Crippen molar-refractivity contribution in [3.8, 4) is 0 Å². The number of nitrogens with zero attached hydrogens (tertiary/aromatic N) is 2. The molecule has 1 aromatic rings. The number of nitrogens with one attached hydrogen (secondary N) is 1. The molecule has 1 aromatic heterocycles. The number of aromatic nitrogens is 2. The van der Waals surface area contributed by atoms with Gasteiger partial charge in [-0.25, -0.2) is 4.98 Å². The third-order valence-corrected chi connectivity index (χ3v) is 3.19. The summed E-state index contributed by atoms with van der Waals surface area (Å²) in [5.41, 5.74) is 1.78. The van der Waals surface area contributed by atoms with Gasteiger partial charge in [-0.3, -0.25) is 9.78 Å². The van der Waals surface area contributed by atoms with E-state index in [1.807, 2.05) is 13.8 Å². The Morgan fingerprint density at radius 3 is 2.68 bits per heavy atom. The first kappa shape index (κ1) is 15.4. The summed E-state index contributed by atoms with van der Waals surface area (Å²) in [5, 5.41) is 12.0. The molecule has 0 saturated heterocycles. The van der Waals surface area contributed by atoms with Crippen LogP contribution in [0.1, 0.15) is 44.5 Å². The molecule has 106 valence electrons. The van der Waals surface area contributed by atoms with E-state index in [9.17, 15) is 4.79 Å². The number of anilines is 1. The van der Waals surface area contributed by atoms with Crippen molar-refractivity contribution in [2.75, 3.05) is 11.9 Å². The van der Waals surface area contributed by atoms with Gasteiger partial charge in [-0.05, 0) is 32.1 Å². The summed E-state index contributed by atoms with van der Waals surface area (Å²) in [7, 11) is 0. The van der Waals surface area contributed by atoms with Gasteiger partial charge >= 0.3 is 5.97 Å². The largest absolute Gasteiger partial charge is 0.481 e. The zero-order valence-electron chi connectivity index (χ0n) is 12.2. The van der Waals surface area contributed by atoms with Crippen molar-refractivity contribution in [3.05, 3.63) is 17.6 Å². The number of hydrogen-bond donors (Lipinski definition) is 2. The van der Waals surface area contributed by atoms with Crippen molar-refractivity contribution in [2.24, 2.45) is 5.41 Å². The molecular weight excluding hydrogens is 242 g/mol. The highest BCUT2D eigenvalue weighted by atomic mass is 16.4. The maximum Gasteiger partial charge on any atom is 0.303 e. The maximum absolute atomic E-state index is 10.6. The molecule has 0 bridgehead atoms. The molecule has 0 aromatic carbocycles. The molecule has 0 aliphatic carbocycles. The lowest BCUT2D eigenvalue weighted by Gasteiger charge is -2.24. The van der Waals surface area contributed by atoms with Crippen molar-refractivity contribution < 1.29 is 9.90 Å². The molecule has 5 nitrogen and oxygen atoms in total. The van der Waals surface area contributed by atoms with Gasteiger partial charge in [0.05, 0.1) is 11.4 Å². The second-order valence-electron chi connectivity index (χ2n) is 5.68. The fraction of sp³-hybridized carbons (Fsp3) is 0.643. The molecule has 0 aliphatic rings. The zero-order valence-corrected chi connectivity index (χ0v) is 12.2. The van der Waals surface area contributed by atoms with E-state index in [0.717, 1.165) is 30.2 Å². The minimum Gasteiger partial charge on any atom is -0.481 e. The number of hydrogen-bond acceptors (Lipinski definition) is 4. The van der Waals surface area contributed by atoms with Gasteiger partial charge in [-0.2, -0.15) is 0 Å². The molecule has 0 unspecified atom stereocenters. The molecule has 19 heavy (non-hydrogen) atoms. The number of carbonyl (C=O) groups is 1. The lowest BCUT2D eigenvalue weighted by molar-refractivity contribution is -0.137. The summed E-state index contributed by atoms with van der Waals surface area (Å²) in [5.74, 6) is 0.0791. The molecule has 1 heterocycles. The molecule has 0 amide bonds. The van der Waals surface area contributed by atoms with Crippen LogP contribution in [0.5, 0.6) is 0 Å². The van der Waals surface area contributed by atoms with Crippen LogP contribution in [0.15, 0.2) is 6.20 Å². The number of carboxylic acids is 1. The van der Waals surface area contributed by atoms with E-state index in [2.05, 4.69) is 29.1 Å². The van der Waals surface area contributed by atoms with E-state index in [-0.39, 0.29) is 11.8 Å². The minimum atomic E-state index is -0.735. The first-order valence-corrected chi connectivity index (χ1v) is 6.56. The van der Waals surface area contributed by atoms with Crippen LogP contribution in [0.3, 0.4) is 0 Å². The van der Waals surface area contributed by atoms with Gasteiger partial charge in [0.15, 0.2) is 0 Å². The molecule has 0 spiro atoms. The topological polar surface area (TPSA) is 75.1 Å². The smallest absolute Gasteiger partial charge is 0.303 e. The Morgan fingerprint density at radius 2 is 2.05 bits per heavy atom. The molecule has 0 atom stereocenters. The van der Waals surface area contributed by atoms with E-state index >= 15 is 0 Å². The fourth-order valence-electron chi connectivity index (χ4n) is 1.79. The Morgan fingerprint density at radius 1 is 1.37 bits per heavy atom. The first-order valence-electron chi connectivity index (χ1n) is 6.56. The summed E-state index contributed by atoms with van der Waals surface area (Å²) >= 11 is 0. The molecule has 0 aliphatic heterocycles. The van der Waals surface area contributed by atoms with Crippen molar-refractivity contribution >= 4 is 11.8 Å². The lowest BCUT2D eigenvalue weighted by Crippen LogP contribution is -2.19. The van der Waals surface area contributed by atoms with E-state index in [1.54, 1.807) is 6.20 Å². The predicted octanol–water partition coefficient (Wildman–Crippen LogP) is 2.79. The van der Waals surface area contributed by atoms with E-state index in [1.165, 1.54) is 0 Å². The standard InChI is InChI=1S/C14H23N3O2/c1-10-9-16-11(2)13(17-10)15-8-7-14(3,4)6-5-12(18)19/h9H,5-8H2,1-4H3,(H,15,17)(H,18,19). The van der Waals surface area contributed by atoms with Crippen LogP contribution in [0.2, 0.25) is 0 Å². The lowest BCUT2D eigenvalue weighted by atomic mass is 9.84. The summed E-state index contributed by atoms with van der Waals surface area (Å²) in [6.07, 6.45) is 3.55. The van der Waals surface area contributed by atoms with Gasteiger partial charge < -0.3 is 10.4 Å². The highest BCUT2D eigenvalue weighted by Gasteiger charge is 2.18. The van der Waals surface area contributed by atoms with Gasteiger partial charge in [0.25, 0.3) is 0 Å². The Balaban J connectivity index is 2.44. The Bertz CT molecular complexity index is 444. The number of aliphatic carboxylic acids is 1. The summed E-state index contributed by atoms with van der Waals surface area (Å²) < 4.78 is 0. The summed E-state index contributed by atoms with van der Waals surface area (Å²) in [6, 6.07) is 0. The fourth-order valence-corrected chi connectivity index (χ4v) is 1.79. The van der Waals surface area contributed by atoms with E-state index in [4.69, 9.17) is 5.11 Å². The van der Waals surface area contributed by atoms with Crippen LogP contribution in [-0.2, 0) is 4.79 Å². The minimum absolute atomic E-state index is 0.0105. The Labute approximate surface area is 114 Å². The molecule has 5 heteroatoms. The third kappa shape index (κ3) is 5.68. The van der Waals surface area contributed by atoms with Gasteiger partial charge in [0.2, 0.25) is 0 Å². The van der Waals surface area contributed by atoms with Gasteiger partial charge in [-0.15, -0.1) is 0 Å². The molecule has 0 fully saturated rings. The zero-order chi connectivity index (χ0) is 14.5. The average Bonchev–Trinajstić information content (AvgIpc) is 2.31. The number of carboxylic acid groups (broad SMARTS) is 1. The monoisotopic (exact) mass is 265 g/mol. The van der Waals surface area contributed by atoms with Crippen molar-refractivity contribution in [2.45, 2.75) is 47.0 Å². The average molecular weight is 265 g/mol. The number of rotatable bonds is 7. The molecule has 0 radical (unpaired) electrons. The molecule has 1 rings (SSSR count). The van der Waals surface area contributed by atoms with Gasteiger partial charge in [0, 0.05) is 19.2 Å². The van der Waals surface area contributed by atoms with Crippen LogP contribution in [0.4, 0.5) is 5.82 Å². The van der Waals surface area contributed by atoms with Crippen LogP contribution >= 0.6 is 0 Å². The summed E-state index contributed by atoms with van der Waals surface area (Å²) in [6.45, 7) is 8.78. The Hall–Kier alpha value is -1.65. The molecule has 0 saturated carbocycles. The van der Waals surface area contributed by atoms with E-state index in [0.29, 0.717) is 6.42 Å². The summed E-state index contributed by atoms with van der Waals surface area (Å²) in [4.78, 5) is 19.2. The van der Waals surface area contributed by atoms with Crippen LogP contribution in [0, 0.1) is 19.3 Å². The van der Waals surface area contributed by atoms with Crippen LogP contribution in [-0.4, -0.2) is 27.6 Å². The predicted molar refractivity (Wildman–Crippen MR) is 75.3 cm³/mol. The van der Waals surface area contributed by atoms with Crippen LogP contribution < -0.4 is 5.32 Å². The highest BCUT2D eigenvalue weighted by Crippen LogP contribution is 2.26. The van der Waals surface area contributed by atoms with Crippen LogP contribution in [0.25, 0.3) is 0 Å². The van der Waals surface area contributed by atoms with Gasteiger partial charge in [-0.1, -0.05) is 13.8 Å². The third-order valence-electron chi connectivity index (χ3n) is 3.19. The first-order chi connectivity index (χ1) is 8.80. The molecular formula is C14H23N3O2. The maximum atomic E-state index is 10.6. The second kappa shape index (κ2) is 6.50. The highest BCUT2D eigenvalue weighted by molar-refractivity contribution is 5.66. The van der Waals surface area contributed by atoms with Crippen molar-refractivity contribution in [1.29, 1.82) is 0 Å².